The molecule has 74 valence electrons. The molecule has 1 aromatic carbocycles. The van der Waals surface area contributed by atoms with Gasteiger partial charge in [0.1, 0.15) is 0 Å². The third-order valence-electron chi connectivity index (χ3n) is 1.32. The van der Waals surface area contributed by atoms with E-state index in [1.807, 2.05) is 0 Å². The van der Waals surface area contributed by atoms with E-state index in [1.54, 1.807) is 24.3 Å². The molecule has 0 unspecified atom stereocenters. The Hall–Kier alpha value is -1.26. The molecule has 4 nitrogen and oxygen atoms in total. The van der Waals surface area contributed by atoms with Crippen molar-refractivity contribution >= 4 is 40.0 Å². The van der Waals surface area contributed by atoms with Crippen LogP contribution in [-0.2, 0) is 4.79 Å². The molecule has 0 bridgehead atoms. The minimum Gasteiger partial charge on any atom is -0.476 e. The predicted molar refractivity (Wildman–Crippen MR) is 56.0 cm³/mol. The Morgan fingerprint density at radius 2 is 2.07 bits per heavy atom. The number of hydrazone groups is 1. The number of halogens is 2. The summed E-state index contributed by atoms with van der Waals surface area (Å²) in [4.78, 5) is 10.3. The first-order valence-corrected chi connectivity index (χ1v) is 4.34. The van der Waals surface area contributed by atoms with Crippen molar-refractivity contribution < 1.29 is 9.90 Å². The number of carboxylic acid groups (broad SMARTS) is 1. The summed E-state index contributed by atoms with van der Waals surface area (Å²) >= 11 is 11.0. The molecule has 0 aliphatic carbocycles. The third kappa shape index (κ3) is 2.90. The quantitative estimate of drug-likeness (QED) is 0.622. The average Bonchev–Trinajstić information content (AvgIpc) is 2.16. The molecule has 0 spiro atoms. The van der Waals surface area contributed by atoms with E-state index in [0.29, 0.717) is 10.7 Å². The molecule has 0 aliphatic heterocycles. The fourth-order valence-corrected chi connectivity index (χ4v) is 0.929. The highest BCUT2D eigenvalue weighted by Crippen LogP contribution is 2.20. The Kier molecular flexibility index (Phi) is 3.73. The molecule has 0 aliphatic rings. The number of hydrogen-bond donors (Lipinski definition) is 2. The van der Waals surface area contributed by atoms with Gasteiger partial charge >= 0.3 is 5.97 Å². The smallest absolute Gasteiger partial charge is 0.368 e. The maximum Gasteiger partial charge on any atom is 0.368 e. The Balaban J connectivity index is 2.76. The largest absolute Gasteiger partial charge is 0.476 e. The summed E-state index contributed by atoms with van der Waals surface area (Å²) in [7, 11) is 0. The number of benzene rings is 1. The van der Waals surface area contributed by atoms with E-state index in [2.05, 4.69) is 10.5 Å². The van der Waals surface area contributed by atoms with Crippen LogP contribution >= 0.6 is 23.2 Å². The second-order valence-electron chi connectivity index (χ2n) is 2.30. The standard InChI is InChI=1S/C8H6Cl2N2O2/c9-5-3-1-2-4-6(5)11-12-7(10)8(13)14/h1-4,11H,(H,13,14)/b12-7-. The first-order chi connectivity index (χ1) is 6.61. The molecule has 0 amide bonds. The van der Waals surface area contributed by atoms with E-state index in [9.17, 15) is 4.79 Å². The first kappa shape index (κ1) is 10.8. The van der Waals surface area contributed by atoms with Gasteiger partial charge in [0.15, 0.2) is 0 Å². The Morgan fingerprint density at radius 1 is 1.43 bits per heavy atom. The van der Waals surface area contributed by atoms with Gasteiger partial charge in [-0.05, 0) is 12.1 Å². The molecular formula is C8H6Cl2N2O2. The Bertz CT molecular complexity index is 379. The van der Waals surface area contributed by atoms with Gasteiger partial charge in [-0.15, -0.1) is 0 Å². The molecular weight excluding hydrogens is 227 g/mol. The zero-order valence-electron chi connectivity index (χ0n) is 6.87. The fraction of sp³-hybridized carbons (Fsp3) is 0. The number of anilines is 1. The van der Waals surface area contributed by atoms with Crippen LogP contribution in [0.1, 0.15) is 0 Å². The third-order valence-corrected chi connectivity index (χ3v) is 1.90. The van der Waals surface area contributed by atoms with Crippen LogP contribution in [0, 0.1) is 0 Å². The van der Waals surface area contributed by atoms with Gasteiger partial charge in [0.2, 0.25) is 5.17 Å². The summed E-state index contributed by atoms with van der Waals surface area (Å²) in [6.45, 7) is 0. The summed E-state index contributed by atoms with van der Waals surface area (Å²) in [5.41, 5.74) is 2.93. The molecule has 0 atom stereocenters. The fourth-order valence-electron chi connectivity index (χ4n) is 0.709. The molecule has 1 rings (SSSR count). The zero-order valence-corrected chi connectivity index (χ0v) is 8.38. The minimum absolute atomic E-state index is 0.436. The summed E-state index contributed by atoms with van der Waals surface area (Å²) in [6, 6.07) is 6.78. The molecule has 1 aromatic rings. The van der Waals surface area contributed by atoms with Crippen LogP contribution in [0.2, 0.25) is 5.02 Å². The van der Waals surface area contributed by atoms with Crippen molar-refractivity contribution in [1.82, 2.24) is 0 Å². The van der Waals surface area contributed by atoms with Crippen LogP contribution in [0.25, 0.3) is 0 Å². The van der Waals surface area contributed by atoms with Crippen molar-refractivity contribution in [2.75, 3.05) is 5.43 Å². The Morgan fingerprint density at radius 3 is 2.64 bits per heavy atom. The summed E-state index contributed by atoms with van der Waals surface area (Å²) in [5, 5.41) is 11.7. The van der Waals surface area contributed by atoms with E-state index in [-0.39, 0.29) is 0 Å². The van der Waals surface area contributed by atoms with Gasteiger partial charge in [-0.1, -0.05) is 35.3 Å². The predicted octanol–water partition coefficient (Wildman–Crippen LogP) is 2.39. The van der Waals surface area contributed by atoms with Crippen LogP contribution in [0.15, 0.2) is 29.4 Å². The van der Waals surface area contributed by atoms with Crippen LogP contribution in [0.5, 0.6) is 0 Å². The van der Waals surface area contributed by atoms with Crippen LogP contribution in [0.4, 0.5) is 5.69 Å². The monoisotopic (exact) mass is 232 g/mol. The molecule has 0 saturated heterocycles. The van der Waals surface area contributed by atoms with Crippen molar-refractivity contribution in [2.24, 2.45) is 5.10 Å². The zero-order chi connectivity index (χ0) is 10.6. The highest BCUT2D eigenvalue weighted by Gasteiger charge is 2.04. The minimum atomic E-state index is -1.30. The van der Waals surface area contributed by atoms with Gasteiger partial charge in [-0.2, -0.15) is 5.10 Å². The SMILES string of the molecule is O=C(O)/C(Cl)=N/Nc1ccccc1Cl. The highest BCUT2D eigenvalue weighted by molar-refractivity contribution is 6.81. The lowest BCUT2D eigenvalue weighted by Gasteiger charge is -2.01. The second-order valence-corrected chi connectivity index (χ2v) is 3.06. The molecule has 0 saturated carbocycles. The lowest BCUT2D eigenvalue weighted by atomic mass is 10.3. The number of carbonyl (C=O) groups is 1. The lowest BCUT2D eigenvalue weighted by molar-refractivity contribution is -0.129. The van der Waals surface area contributed by atoms with Crippen molar-refractivity contribution in [3.05, 3.63) is 29.3 Å². The molecule has 0 aromatic heterocycles. The first-order valence-electron chi connectivity index (χ1n) is 3.58. The van der Waals surface area contributed by atoms with Crippen LogP contribution < -0.4 is 5.43 Å². The van der Waals surface area contributed by atoms with Gasteiger partial charge in [-0.25, -0.2) is 4.79 Å². The molecule has 14 heavy (non-hydrogen) atoms. The molecule has 6 heteroatoms. The van der Waals surface area contributed by atoms with Gasteiger partial charge in [0, 0.05) is 0 Å². The van der Waals surface area contributed by atoms with Crippen LogP contribution in [-0.4, -0.2) is 16.2 Å². The second kappa shape index (κ2) is 4.83. The van der Waals surface area contributed by atoms with E-state index in [1.165, 1.54) is 0 Å². The maximum absolute atomic E-state index is 10.3. The van der Waals surface area contributed by atoms with Crippen LogP contribution in [0.3, 0.4) is 0 Å². The topological polar surface area (TPSA) is 61.7 Å². The summed E-state index contributed by atoms with van der Waals surface area (Å²) in [6.07, 6.45) is 0. The lowest BCUT2D eigenvalue weighted by Crippen LogP contribution is -2.07. The molecule has 0 radical (unpaired) electrons. The van der Waals surface area contributed by atoms with Gasteiger partial charge in [0.05, 0.1) is 10.7 Å². The van der Waals surface area contributed by atoms with Crippen molar-refractivity contribution in [3.63, 3.8) is 0 Å². The van der Waals surface area contributed by atoms with E-state index >= 15 is 0 Å². The van der Waals surface area contributed by atoms with Gasteiger partial charge in [-0.3, -0.25) is 5.43 Å². The van der Waals surface area contributed by atoms with E-state index < -0.39 is 11.1 Å². The summed E-state index contributed by atoms with van der Waals surface area (Å²) < 4.78 is 0. The van der Waals surface area contributed by atoms with Gasteiger partial charge < -0.3 is 5.11 Å². The number of aliphatic carboxylic acids is 1. The number of para-hydroxylation sites is 1. The molecule has 0 fully saturated rings. The van der Waals surface area contributed by atoms with Crippen molar-refractivity contribution in [2.45, 2.75) is 0 Å². The van der Waals surface area contributed by atoms with Crippen molar-refractivity contribution in [1.29, 1.82) is 0 Å². The average molecular weight is 233 g/mol. The summed E-state index contributed by atoms with van der Waals surface area (Å²) in [5.74, 6) is -1.30. The number of carboxylic acids is 1. The van der Waals surface area contributed by atoms with Gasteiger partial charge in [0.25, 0.3) is 0 Å². The number of rotatable bonds is 3. The van der Waals surface area contributed by atoms with E-state index in [0.717, 1.165) is 0 Å². The number of nitrogens with one attached hydrogen (secondary N) is 1. The molecule has 2 N–H and O–H groups in total. The van der Waals surface area contributed by atoms with E-state index in [4.69, 9.17) is 28.3 Å². The number of hydrogen-bond acceptors (Lipinski definition) is 3. The van der Waals surface area contributed by atoms with Crippen molar-refractivity contribution in [3.8, 4) is 0 Å². The maximum atomic E-state index is 10.3. The number of nitrogens with zero attached hydrogens (tertiary/aromatic N) is 1. The molecule has 0 heterocycles. The Labute approximate surface area is 90.1 Å². The highest BCUT2D eigenvalue weighted by atomic mass is 35.5. The normalized spacial score (nSPS) is 11.1.